The van der Waals surface area contributed by atoms with Gasteiger partial charge in [-0.2, -0.15) is 0 Å². The third-order valence-electron chi connectivity index (χ3n) is 0. The number of hydrogen-bond donors (Lipinski definition) is 3. The van der Waals surface area contributed by atoms with Gasteiger partial charge in [0.1, 0.15) is 0 Å². The predicted octanol–water partition coefficient (Wildman–Crippen LogP) is 1.41. The largest absolute Gasteiger partial charge is 0.397 e. The highest BCUT2D eigenvalue weighted by atomic mass is 16.3. The first-order chi connectivity index (χ1) is 5.66. The summed E-state index contributed by atoms with van der Waals surface area (Å²) in [5.41, 5.74) is 0. The summed E-state index contributed by atoms with van der Waals surface area (Å²) in [6, 6.07) is 0. The summed E-state index contributed by atoms with van der Waals surface area (Å²) in [6.45, 7) is 10.0. The van der Waals surface area contributed by atoms with Crippen molar-refractivity contribution in [2.45, 2.75) is 41.0 Å². The van der Waals surface area contributed by atoms with Gasteiger partial charge < -0.3 is 15.3 Å². The van der Waals surface area contributed by atoms with Gasteiger partial charge in [0.05, 0.1) is 0 Å². The lowest BCUT2D eigenvalue weighted by molar-refractivity contribution is 0.318. The maximum absolute atomic E-state index is 7.57. The van der Waals surface area contributed by atoms with E-state index in [4.69, 9.17) is 15.3 Å². The van der Waals surface area contributed by atoms with Gasteiger partial charge in [-0.05, 0) is 20.8 Å². The lowest BCUT2D eigenvalue weighted by Gasteiger charge is -1.52. The molecule has 0 spiro atoms. The number of rotatable bonds is 0. The molecule has 0 fully saturated rings. The number of aliphatic hydroxyl groups is 3. The van der Waals surface area contributed by atoms with E-state index in [1.54, 1.807) is 20.8 Å². The van der Waals surface area contributed by atoms with Crippen molar-refractivity contribution in [3.05, 3.63) is 0 Å². The first kappa shape index (κ1) is 22.6. The van der Waals surface area contributed by atoms with Crippen LogP contribution in [0.4, 0.5) is 0 Å². The summed E-state index contributed by atoms with van der Waals surface area (Å²) >= 11 is 0. The molecule has 0 bridgehead atoms. The van der Waals surface area contributed by atoms with Crippen molar-refractivity contribution in [3.63, 3.8) is 0 Å². The summed E-state index contributed by atoms with van der Waals surface area (Å²) < 4.78 is 0. The average molecular weight is 182 g/mol. The highest BCUT2D eigenvalue weighted by molar-refractivity contribution is 3.92. The standard InChI is InChI=1S/C3H8.3C2H6O/c1-3-2;3*1-2-3/h3H2,1-2H3;3*3H,2H2,1H3. The van der Waals surface area contributed by atoms with Crippen LogP contribution in [0.15, 0.2) is 0 Å². The van der Waals surface area contributed by atoms with E-state index in [-0.39, 0.29) is 19.8 Å². The minimum atomic E-state index is 0.250. The molecular formula is C9H26O3. The second kappa shape index (κ2) is 70.5. The molecule has 0 aromatic carbocycles. The van der Waals surface area contributed by atoms with Crippen molar-refractivity contribution in [2.75, 3.05) is 19.8 Å². The summed E-state index contributed by atoms with van der Waals surface area (Å²) in [4.78, 5) is 0. The Morgan fingerprint density at radius 1 is 0.583 bits per heavy atom. The first-order valence-electron chi connectivity index (χ1n) is 4.48. The van der Waals surface area contributed by atoms with Crippen LogP contribution in [0.3, 0.4) is 0 Å². The van der Waals surface area contributed by atoms with Gasteiger partial charge in [-0.3, -0.25) is 0 Å². The van der Waals surface area contributed by atoms with Crippen LogP contribution in [-0.4, -0.2) is 35.1 Å². The van der Waals surface area contributed by atoms with Crippen LogP contribution in [0.1, 0.15) is 41.0 Å². The monoisotopic (exact) mass is 182 g/mol. The molecule has 0 saturated heterocycles. The Kier molecular flexibility index (Phi) is 133. The van der Waals surface area contributed by atoms with E-state index in [9.17, 15) is 0 Å². The van der Waals surface area contributed by atoms with Gasteiger partial charge in [-0.25, -0.2) is 0 Å². The second-order valence-corrected chi connectivity index (χ2v) is 1.66. The van der Waals surface area contributed by atoms with Crippen LogP contribution < -0.4 is 0 Å². The molecule has 0 aliphatic heterocycles. The fourth-order valence-electron chi connectivity index (χ4n) is 0. The van der Waals surface area contributed by atoms with E-state index in [2.05, 4.69) is 13.8 Å². The van der Waals surface area contributed by atoms with Crippen LogP contribution in [0.2, 0.25) is 0 Å². The van der Waals surface area contributed by atoms with Gasteiger partial charge in [-0.15, -0.1) is 0 Å². The maximum Gasteiger partial charge on any atom is 0.0402 e. The normalized spacial score (nSPS) is 6.00. The lowest BCUT2D eigenvalue weighted by atomic mass is 10.6. The van der Waals surface area contributed by atoms with Crippen molar-refractivity contribution >= 4 is 0 Å². The van der Waals surface area contributed by atoms with Crippen molar-refractivity contribution in [3.8, 4) is 0 Å². The van der Waals surface area contributed by atoms with Crippen LogP contribution in [0.25, 0.3) is 0 Å². The molecule has 0 unspecified atom stereocenters. The minimum absolute atomic E-state index is 0.250. The summed E-state index contributed by atoms with van der Waals surface area (Å²) in [6.07, 6.45) is 1.25. The van der Waals surface area contributed by atoms with Gasteiger partial charge in [0.25, 0.3) is 0 Å². The molecule has 0 aromatic rings. The highest BCUT2D eigenvalue weighted by Crippen LogP contribution is 1.56. The van der Waals surface area contributed by atoms with Crippen LogP contribution in [0.5, 0.6) is 0 Å². The van der Waals surface area contributed by atoms with E-state index in [1.807, 2.05) is 0 Å². The molecule has 0 radical (unpaired) electrons. The molecule has 3 nitrogen and oxygen atoms in total. The van der Waals surface area contributed by atoms with Gasteiger partial charge >= 0.3 is 0 Å². The molecule has 0 aliphatic carbocycles. The predicted molar refractivity (Wildman–Crippen MR) is 54.2 cm³/mol. The summed E-state index contributed by atoms with van der Waals surface area (Å²) in [5, 5.41) is 22.7. The third-order valence-corrected chi connectivity index (χ3v) is 0. The Hall–Kier alpha value is -0.120. The van der Waals surface area contributed by atoms with Crippen molar-refractivity contribution in [2.24, 2.45) is 0 Å². The van der Waals surface area contributed by atoms with Gasteiger partial charge in [0.15, 0.2) is 0 Å². The maximum atomic E-state index is 7.57. The molecular weight excluding hydrogens is 156 g/mol. The molecule has 3 N–H and O–H groups in total. The van der Waals surface area contributed by atoms with Gasteiger partial charge in [-0.1, -0.05) is 20.3 Å². The van der Waals surface area contributed by atoms with Crippen LogP contribution >= 0.6 is 0 Å². The molecule has 0 aromatic heterocycles. The minimum Gasteiger partial charge on any atom is -0.397 e. The zero-order chi connectivity index (χ0) is 10.8. The molecule has 80 valence electrons. The Morgan fingerprint density at radius 2 is 0.583 bits per heavy atom. The molecule has 0 amide bonds. The fraction of sp³-hybridized carbons (Fsp3) is 1.00. The summed E-state index contributed by atoms with van der Waals surface area (Å²) in [7, 11) is 0. The third kappa shape index (κ3) is 54100. The number of aliphatic hydroxyl groups excluding tert-OH is 3. The lowest BCUT2D eigenvalue weighted by Crippen LogP contribution is -1.57. The van der Waals surface area contributed by atoms with E-state index in [1.165, 1.54) is 6.42 Å². The van der Waals surface area contributed by atoms with E-state index in [0.29, 0.717) is 0 Å². The van der Waals surface area contributed by atoms with Gasteiger partial charge in [0, 0.05) is 19.8 Å². The molecule has 0 aliphatic rings. The quantitative estimate of drug-likeness (QED) is 0.531. The average Bonchev–Trinajstić information content (AvgIpc) is 1.92. The second-order valence-electron chi connectivity index (χ2n) is 1.66. The van der Waals surface area contributed by atoms with E-state index >= 15 is 0 Å². The highest BCUT2D eigenvalue weighted by Gasteiger charge is 1.36. The van der Waals surface area contributed by atoms with E-state index in [0.717, 1.165) is 0 Å². The molecule has 0 rings (SSSR count). The van der Waals surface area contributed by atoms with E-state index < -0.39 is 0 Å². The van der Waals surface area contributed by atoms with Crippen molar-refractivity contribution in [1.29, 1.82) is 0 Å². The first-order valence-corrected chi connectivity index (χ1v) is 4.48. The summed E-state index contributed by atoms with van der Waals surface area (Å²) in [5.74, 6) is 0. The SMILES string of the molecule is CCC.CCO.CCO.CCO. The molecule has 0 heterocycles. The number of hydrogen-bond acceptors (Lipinski definition) is 3. The Labute approximate surface area is 77.1 Å². The molecule has 0 atom stereocenters. The zero-order valence-electron chi connectivity index (χ0n) is 9.17. The van der Waals surface area contributed by atoms with Gasteiger partial charge in [0.2, 0.25) is 0 Å². The topological polar surface area (TPSA) is 60.7 Å². The molecule has 12 heavy (non-hydrogen) atoms. The van der Waals surface area contributed by atoms with Crippen molar-refractivity contribution < 1.29 is 15.3 Å². The molecule has 3 heteroatoms. The molecule has 0 saturated carbocycles. The van der Waals surface area contributed by atoms with Crippen molar-refractivity contribution in [1.82, 2.24) is 0 Å². The van der Waals surface area contributed by atoms with Crippen LogP contribution in [0, 0.1) is 0 Å². The zero-order valence-corrected chi connectivity index (χ0v) is 9.17. The smallest absolute Gasteiger partial charge is 0.0402 e. The van der Waals surface area contributed by atoms with Crippen LogP contribution in [-0.2, 0) is 0 Å². The Bertz CT molecular complexity index is 17.7. The Morgan fingerprint density at radius 3 is 0.583 bits per heavy atom. The Balaban J connectivity index is -0.0000000356. The fourth-order valence-corrected chi connectivity index (χ4v) is 0.